The smallest absolute Gasteiger partial charge is 0.338 e. The molecule has 0 aromatic heterocycles. The Bertz CT molecular complexity index is 532. The average molecular weight is 255 g/mol. The molecule has 1 N–H and O–H groups in total. The summed E-state index contributed by atoms with van der Waals surface area (Å²) in [4.78, 5) is 11.5. The molecule has 0 fully saturated rings. The monoisotopic (exact) mass is 255 g/mol. The summed E-state index contributed by atoms with van der Waals surface area (Å²) in [5.74, 6) is -0.362. The van der Waals surface area contributed by atoms with Crippen molar-refractivity contribution in [2.75, 3.05) is 11.9 Å². The van der Waals surface area contributed by atoms with E-state index in [0.29, 0.717) is 17.9 Å². The lowest BCUT2D eigenvalue weighted by Crippen LogP contribution is -2.05. The van der Waals surface area contributed by atoms with E-state index in [0.717, 1.165) is 6.42 Å². The number of esters is 1. The van der Waals surface area contributed by atoms with Crippen LogP contribution >= 0.6 is 0 Å². The SMILES string of the molecule is CCCOC(=O)c1ccc(NC=C(C#N)C#N)cc1. The Morgan fingerprint density at radius 2 is 1.95 bits per heavy atom. The molecule has 0 saturated heterocycles. The Morgan fingerprint density at radius 3 is 2.47 bits per heavy atom. The number of carbonyl (C=O) groups is 1. The van der Waals surface area contributed by atoms with E-state index in [1.807, 2.05) is 6.92 Å². The zero-order valence-electron chi connectivity index (χ0n) is 10.5. The molecule has 1 rings (SSSR count). The molecule has 0 amide bonds. The summed E-state index contributed by atoms with van der Waals surface area (Å²) < 4.78 is 4.99. The number of nitrogens with zero attached hydrogens (tertiary/aromatic N) is 2. The zero-order chi connectivity index (χ0) is 14.1. The third-order valence-electron chi connectivity index (χ3n) is 2.18. The van der Waals surface area contributed by atoms with E-state index in [4.69, 9.17) is 15.3 Å². The molecule has 0 saturated carbocycles. The van der Waals surface area contributed by atoms with Crippen LogP contribution in [-0.4, -0.2) is 12.6 Å². The number of hydrogen-bond donors (Lipinski definition) is 1. The highest BCUT2D eigenvalue weighted by Crippen LogP contribution is 2.11. The van der Waals surface area contributed by atoms with Crippen molar-refractivity contribution >= 4 is 11.7 Å². The van der Waals surface area contributed by atoms with E-state index < -0.39 is 0 Å². The molecule has 5 nitrogen and oxygen atoms in total. The highest BCUT2D eigenvalue weighted by Gasteiger charge is 2.05. The van der Waals surface area contributed by atoms with Crippen molar-refractivity contribution in [3.8, 4) is 12.1 Å². The van der Waals surface area contributed by atoms with Crippen LogP contribution in [0.2, 0.25) is 0 Å². The summed E-state index contributed by atoms with van der Waals surface area (Å²) in [5.41, 5.74) is 1.12. The Hall–Kier alpha value is -2.79. The lowest BCUT2D eigenvalue weighted by Gasteiger charge is -2.04. The zero-order valence-corrected chi connectivity index (χ0v) is 10.5. The van der Waals surface area contributed by atoms with E-state index in [2.05, 4.69) is 5.32 Å². The second kappa shape index (κ2) is 7.52. The number of benzene rings is 1. The fourth-order valence-corrected chi connectivity index (χ4v) is 1.23. The van der Waals surface area contributed by atoms with Gasteiger partial charge in [-0.15, -0.1) is 0 Å². The van der Waals surface area contributed by atoms with Gasteiger partial charge >= 0.3 is 5.97 Å². The molecule has 0 unspecified atom stereocenters. The molecule has 96 valence electrons. The molecule has 0 atom stereocenters. The maximum Gasteiger partial charge on any atom is 0.338 e. The summed E-state index contributed by atoms with van der Waals surface area (Å²) >= 11 is 0. The Kier molecular flexibility index (Phi) is 5.65. The first-order chi connectivity index (χ1) is 9.21. The van der Waals surface area contributed by atoms with Crippen molar-refractivity contribution in [1.29, 1.82) is 10.5 Å². The average Bonchev–Trinajstić information content (AvgIpc) is 2.46. The summed E-state index contributed by atoms with van der Waals surface area (Å²) in [6, 6.07) is 10.1. The minimum absolute atomic E-state index is 0.0218. The quantitative estimate of drug-likeness (QED) is 0.645. The fourth-order valence-electron chi connectivity index (χ4n) is 1.23. The summed E-state index contributed by atoms with van der Waals surface area (Å²) in [6.07, 6.45) is 2.09. The standard InChI is InChI=1S/C14H13N3O2/c1-2-7-19-14(18)12-3-5-13(6-4-12)17-10-11(8-15)9-16/h3-6,10,17H,2,7H2,1H3. The van der Waals surface area contributed by atoms with Crippen LogP contribution in [0.5, 0.6) is 0 Å². The Morgan fingerprint density at radius 1 is 1.32 bits per heavy atom. The van der Waals surface area contributed by atoms with Gasteiger partial charge in [-0.25, -0.2) is 4.79 Å². The highest BCUT2D eigenvalue weighted by molar-refractivity contribution is 5.89. The van der Waals surface area contributed by atoms with Gasteiger partial charge in [0.2, 0.25) is 0 Å². The molecule has 0 bridgehead atoms. The van der Waals surface area contributed by atoms with Crippen LogP contribution in [0, 0.1) is 22.7 Å². The molecule has 1 aromatic rings. The Labute approximate surface area is 111 Å². The van der Waals surface area contributed by atoms with Gasteiger partial charge in [0.1, 0.15) is 17.7 Å². The van der Waals surface area contributed by atoms with Gasteiger partial charge in [0.25, 0.3) is 0 Å². The first-order valence-electron chi connectivity index (χ1n) is 5.75. The molecule has 5 heteroatoms. The van der Waals surface area contributed by atoms with E-state index in [1.54, 1.807) is 36.4 Å². The van der Waals surface area contributed by atoms with Crippen LogP contribution in [0.1, 0.15) is 23.7 Å². The number of ether oxygens (including phenoxy) is 1. The van der Waals surface area contributed by atoms with Crippen LogP contribution < -0.4 is 5.32 Å². The largest absolute Gasteiger partial charge is 0.462 e. The van der Waals surface area contributed by atoms with Crippen LogP contribution in [0.25, 0.3) is 0 Å². The van der Waals surface area contributed by atoms with Crippen LogP contribution in [0.15, 0.2) is 36.0 Å². The second-order valence-corrected chi connectivity index (χ2v) is 3.64. The predicted octanol–water partition coefficient (Wildman–Crippen LogP) is 2.60. The predicted molar refractivity (Wildman–Crippen MR) is 69.9 cm³/mol. The van der Waals surface area contributed by atoms with Crippen LogP contribution in [-0.2, 0) is 4.74 Å². The van der Waals surface area contributed by atoms with Gasteiger partial charge in [-0.05, 0) is 30.7 Å². The molecule has 0 aliphatic rings. The van der Waals surface area contributed by atoms with Gasteiger partial charge in [0.15, 0.2) is 0 Å². The highest BCUT2D eigenvalue weighted by atomic mass is 16.5. The first-order valence-corrected chi connectivity index (χ1v) is 5.75. The van der Waals surface area contributed by atoms with Gasteiger partial charge in [-0.2, -0.15) is 10.5 Å². The normalized spacial score (nSPS) is 8.79. The van der Waals surface area contributed by atoms with E-state index in [1.165, 1.54) is 6.20 Å². The van der Waals surface area contributed by atoms with Crippen molar-refractivity contribution in [3.05, 3.63) is 41.6 Å². The maximum atomic E-state index is 11.5. The number of nitrogens with one attached hydrogen (secondary N) is 1. The van der Waals surface area contributed by atoms with Crippen LogP contribution in [0.4, 0.5) is 5.69 Å². The number of rotatable bonds is 5. The molecule has 0 radical (unpaired) electrons. The van der Waals surface area contributed by atoms with Crippen molar-refractivity contribution in [1.82, 2.24) is 0 Å². The Balaban J connectivity index is 2.67. The molecule has 1 aromatic carbocycles. The summed E-state index contributed by atoms with van der Waals surface area (Å²) in [7, 11) is 0. The molecular weight excluding hydrogens is 242 g/mol. The maximum absolute atomic E-state index is 11.5. The van der Waals surface area contributed by atoms with Crippen LogP contribution in [0.3, 0.4) is 0 Å². The number of hydrogen-bond acceptors (Lipinski definition) is 5. The third-order valence-corrected chi connectivity index (χ3v) is 2.18. The molecule has 0 spiro atoms. The number of allylic oxidation sites excluding steroid dienone is 1. The summed E-state index contributed by atoms with van der Waals surface area (Å²) in [6.45, 7) is 2.32. The van der Waals surface area contributed by atoms with Crippen molar-refractivity contribution in [2.24, 2.45) is 0 Å². The van der Waals surface area contributed by atoms with Gasteiger partial charge in [-0.1, -0.05) is 6.92 Å². The second-order valence-electron chi connectivity index (χ2n) is 3.64. The summed E-state index contributed by atoms with van der Waals surface area (Å²) in [5, 5.41) is 19.9. The van der Waals surface area contributed by atoms with Gasteiger partial charge in [0.05, 0.1) is 12.2 Å². The molecule has 0 aliphatic carbocycles. The number of nitriles is 2. The lowest BCUT2D eigenvalue weighted by atomic mass is 10.2. The van der Waals surface area contributed by atoms with E-state index in [9.17, 15) is 4.79 Å². The minimum Gasteiger partial charge on any atom is -0.462 e. The lowest BCUT2D eigenvalue weighted by molar-refractivity contribution is 0.0505. The number of carbonyl (C=O) groups excluding carboxylic acids is 1. The van der Waals surface area contributed by atoms with Crippen molar-refractivity contribution in [2.45, 2.75) is 13.3 Å². The fraction of sp³-hybridized carbons (Fsp3) is 0.214. The third kappa shape index (κ3) is 4.53. The van der Waals surface area contributed by atoms with E-state index in [-0.39, 0.29) is 11.5 Å². The molecular formula is C14H13N3O2. The molecule has 0 aliphatic heterocycles. The van der Waals surface area contributed by atoms with E-state index >= 15 is 0 Å². The molecule has 0 heterocycles. The molecule has 19 heavy (non-hydrogen) atoms. The van der Waals surface area contributed by atoms with Gasteiger partial charge in [0, 0.05) is 11.9 Å². The topological polar surface area (TPSA) is 85.9 Å². The van der Waals surface area contributed by atoms with Crippen molar-refractivity contribution in [3.63, 3.8) is 0 Å². The van der Waals surface area contributed by atoms with Crippen molar-refractivity contribution < 1.29 is 9.53 Å². The van der Waals surface area contributed by atoms with Gasteiger partial charge in [-0.3, -0.25) is 0 Å². The van der Waals surface area contributed by atoms with Gasteiger partial charge < -0.3 is 10.1 Å². The first kappa shape index (κ1) is 14.3. The minimum atomic E-state index is -0.362. The number of anilines is 1.